The van der Waals surface area contributed by atoms with Gasteiger partial charge in [-0.3, -0.25) is 9.69 Å². The first-order valence-electron chi connectivity index (χ1n) is 9.63. The van der Waals surface area contributed by atoms with Gasteiger partial charge in [0.15, 0.2) is 0 Å². The van der Waals surface area contributed by atoms with Crippen molar-refractivity contribution in [2.45, 2.75) is 38.5 Å². The zero-order valence-corrected chi connectivity index (χ0v) is 16.2. The minimum Gasteiger partial charge on any atom is -0.351 e. The number of hydrogen-bond acceptors (Lipinski definition) is 5. The van der Waals surface area contributed by atoms with E-state index in [1.54, 1.807) is 29.2 Å². The Kier molecular flexibility index (Phi) is 5.62. The van der Waals surface area contributed by atoms with Crippen LogP contribution in [0.3, 0.4) is 0 Å². The van der Waals surface area contributed by atoms with Gasteiger partial charge >= 0.3 is 0 Å². The van der Waals surface area contributed by atoms with Crippen molar-refractivity contribution >= 4 is 5.91 Å². The number of tetrazole rings is 1. The minimum absolute atomic E-state index is 0.0353. The van der Waals surface area contributed by atoms with Crippen molar-refractivity contribution in [2.75, 3.05) is 6.54 Å². The molecular formula is C21H23FN6O. The molecule has 7 nitrogen and oxygen atoms in total. The summed E-state index contributed by atoms with van der Waals surface area (Å²) < 4.78 is 15.8. The molecule has 1 amide bonds. The van der Waals surface area contributed by atoms with Gasteiger partial charge < -0.3 is 5.32 Å². The van der Waals surface area contributed by atoms with Gasteiger partial charge in [-0.1, -0.05) is 48.0 Å². The first-order chi connectivity index (χ1) is 14.1. The van der Waals surface area contributed by atoms with Crippen molar-refractivity contribution in [3.8, 4) is 0 Å². The summed E-state index contributed by atoms with van der Waals surface area (Å²) in [7, 11) is 0. The molecule has 0 spiro atoms. The Morgan fingerprint density at radius 3 is 2.72 bits per heavy atom. The van der Waals surface area contributed by atoms with E-state index in [0.29, 0.717) is 31.6 Å². The number of nitrogens with zero attached hydrogens (tertiary/aromatic N) is 5. The molecule has 4 rings (SSSR count). The van der Waals surface area contributed by atoms with Crippen LogP contribution in [0.2, 0.25) is 0 Å². The van der Waals surface area contributed by atoms with Crippen LogP contribution in [0.15, 0.2) is 54.9 Å². The SMILES string of the molecule is Cc1ccc(CNC(=O)[C@@H]2C[C@@H](n3cnnn3)CN2Cc2ccccc2F)cc1. The average Bonchev–Trinajstić information content (AvgIpc) is 3.39. The third kappa shape index (κ3) is 4.48. The van der Waals surface area contributed by atoms with E-state index in [2.05, 4.69) is 20.8 Å². The second-order valence-corrected chi connectivity index (χ2v) is 7.42. The first kappa shape index (κ1) is 19.2. The molecule has 1 aromatic heterocycles. The lowest BCUT2D eigenvalue weighted by molar-refractivity contribution is -0.125. The van der Waals surface area contributed by atoms with Gasteiger partial charge in [0.1, 0.15) is 12.1 Å². The monoisotopic (exact) mass is 394 g/mol. The highest BCUT2D eigenvalue weighted by Crippen LogP contribution is 2.28. The summed E-state index contributed by atoms with van der Waals surface area (Å²) in [5.74, 6) is -0.338. The molecule has 0 bridgehead atoms. The van der Waals surface area contributed by atoms with Crippen molar-refractivity contribution in [2.24, 2.45) is 0 Å². The number of benzene rings is 2. The lowest BCUT2D eigenvalue weighted by Crippen LogP contribution is -2.42. The highest BCUT2D eigenvalue weighted by molar-refractivity contribution is 5.82. The van der Waals surface area contributed by atoms with E-state index in [9.17, 15) is 9.18 Å². The molecule has 1 aliphatic rings. The summed E-state index contributed by atoms with van der Waals surface area (Å²) in [6, 6.07) is 14.3. The second-order valence-electron chi connectivity index (χ2n) is 7.42. The minimum atomic E-state index is -0.380. The molecule has 2 aromatic carbocycles. The number of carbonyl (C=O) groups excluding carboxylic acids is 1. The topological polar surface area (TPSA) is 75.9 Å². The lowest BCUT2D eigenvalue weighted by atomic mass is 10.1. The maximum absolute atomic E-state index is 14.2. The molecule has 0 aliphatic carbocycles. The maximum atomic E-state index is 14.2. The number of rotatable bonds is 6. The Bertz CT molecular complexity index is 960. The molecule has 8 heteroatoms. The van der Waals surface area contributed by atoms with Gasteiger partial charge in [-0.05, 0) is 35.4 Å². The van der Waals surface area contributed by atoms with Crippen molar-refractivity contribution in [1.29, 1.82) is 0 Å². The number of aryl methyl sites for hydroxylation is 1. The third-order valence-corrected chi connectivity index (χ3v) is 5.34. The fourth-order valence-corrected chi connectivity index (χ4v) is 3.71. The van der Waals surface area contributed by atoms with Gasteiger partial charge in [0, 0.05) is 25.2 Å². The molecule has 0 radical (unpaired) electrons. The molecule has 2 atom stereocenters. The number of halogens is 1. The fraction of sp³-hybridized carbons (Fsp3) is 0.333. The van der Waals surface area contributed by atoms with E-state index in [4.69, 9.17) is 0 Å². The van der Waals surface area contributed by atoms with Crippen LogP contribution in [0, 0.1) is 12.7 Å². The molecule has 0 saturated carbocycles. The molecule has 1 aliphatic heterocycles. The normalized spacial score (nSPS) is 19.4. The smallest absolute Gasteiger partial charge is 0.237 e. The van der Waals surface area contributed by atoms with Crippen LogP contribution >= 0.6 is 0 Å². The predicted molar refractivity (Wildman–Crippen MR) is 105 cm³/mol. The van der Waals surface area contributed by atoms with Gasteiger partial charge in [0.25, 0.3) is 0 Å². The fourth-order valence-electron chi connectivity index (χ4n) is 3.71. The molecule has 1 saturated heterocycles. The van der Waals surface area contributed by atoms with E-state index in [1.165, 1.54) is 11.6 Å². The van der Waals surface area contributed by atoms with E-state index < -0.39 is 0 Å². The van der Waals surface area contributed by atoms with Crippen LogP contribution in [-0.4, -0.2) is 43.6 Å². The number of nitrogens with one attached hydrogen (secondary N) is 1. The number of likely N-dealkylation sites (tertiary alicyclic amines) is 1. The van der Waals surface area contributed by atoms with Gasteiger partial charge in [-0.2, -0.15) is 0 Å². The van der Waals surface area contributed by atoms with Crippen LogP contribution in [0.4, 0.5) is 4.39 Å². The molecule has 2 heterocycles. The van der Waals surface area contributed by atoms with E-state index in [0.717, 1.165) is 5.56 Å². The Morgan fingerprint density at radius 2 is 2.00 bits per heavy atom. The average molecular weight is 394 g/mol. The molecule has 1 fully saturated rings. The van der Waals surface area contributed by atoms with Gasteiger partial charge in [-0.25, -0.2) is 9.07 Å². The second kappa shape index (κ2) is 8.48. The summed E-state index contributed by atoms with van der Waals surface area (Å²) in [5.41, 5.74) is 2.79. The van der Waals surface area contributed by atoms with Crippen LogP contribution < -0.4 is 5.32 Å². The standard InChI is InChI=1S/C21H23FN6O/c1-15-6-8-16(9-7-15)11-23-21(29)20-10-18(28-14-24-25-26-28)13-27(20)12-17-4-2-3-5-19(17)22/h2-9,14,18,20H,10-13H2,1H3,(H,23,29)/t18-,20+/m1/s1. The van der Waals surface area contributed by atoms with Crippen molar-refractivity contribution in [1.82, 2.24) is 30.4 Å². The van der Waals surface area contributed by atoms with Crippen LogP contribution in [0.25, 0.3) is 0 Å². The first-order valence-corrected chi connectivity index (χ1v) is 9.63. The van der Waals surface area contributed by atoms with Gasteiger partial charge in [-0.15, -0.1) is 5.10 Å². The lowest BCUT2D eigenvalue weighted by Gasteiger charge is -2.23. The number of amides is 1. The Hall–Kier alpha value is -3.13. The van der Waals surface area contributed by atoms with Crippen molar-refractivity contribution < 1.29 is 9.18 Å². The van der Waals surface area contributed by atoms with Crippen LogP contribution in [0.5, 0.6) is 0 Å². The Balaban J connectivity index is 1.48. The highest BCUT2D eigenvalue weighted by Gasteiger charge is 2.38. The summed E-state index contributed by atoms with van der Waals surface area (Å²) in [6.07, 6.45) is 2.12. The number of aromatic nitrogens is 4. The Labute approximate surface area is 168 Å². The third-order valence-electron chi connectivity index (χ3n) is 5.34. The van der Waals surface area contributed by atoms with Crippen LogP contribution in [-0.2, 0) is 17.9 Å². The van der Waals surface area contributed by atoms with Gasteiger partial charge in [0.05, 0.1) is 12.1 Å². The van der Waals surface area contributed by atoms with E-state index in [-0.39, 0.29) is 23.8 Å². The van der Waals surface area contributed by atoms with E-state index in [1.807, 2.05) is 36.1 Å². The molecular weight excluding hydrogens is 371 g/mol. The number of hydrogen-bond donors (Lipinski definition) is 1. The quantitative estimate of drug-likeness (QED) is 0.694. The molecule has 1 N–H and O–H groups in total. The highest BCUT2D eigenvalue weighted by atomic mass is 19.1. The number of carbonyl (C=O) groups is 1. The molecule has 0 unspecified atom stereocenters. The molecule has 3 aromatic rings. The van der Waals surface area contributed by atoms with Crippen LogP contribution in [0.1, 0.15) is 29.2 Å². The van der Waals surface area contributed by atoms with E-state index >= 15 is 0 Å². The summed E-state index contributed by atoms with van der Waals surface area (Å²) >= 11 is 0. The maximum Gasteiger partial charge on any atom is 0.237 e. The van der Waals surface area contributed by atoms with Gasteiger partial charge in [0.2, 0.25) is 5.91 Å². The molecule has 29 heavy (non-hydrogen) atoms. The largest absolute Gasteiger partial charge is 0.351 e. The zero-order valence-electron chi connectivity index (χ0n) is 16.2. The summed E-state index contributed by atoms with van der Waals surface area (Å²) in [6.45, 7) is 3.41. The zero-order chi connectivity index (χ0) is 20.2. The summed E-state index contributed by atoms with van der Waals surface area (Å²) in [5, 5.41) is 14.4. The summed E-state index contributed by atoms with van der Waals surface area (Å²) in [4.78, 5) is 15.0. The molecule has 150 valence electrons. The van der Waals surface area contributed by atoms with Crippen molar-refractivity contribution in [3.63, 3.8) is 0 Å². The van der Waals surface area contributed by atoms with Crippen molar-refractivity contribution in [3.05, 3.63) is 77.4 Å². The predicted octanol–water partition coefficient (Wildman–Crippen LogP) is 2.25. The Morgan fingerprint density at radius 1 is 1.21 bits per heavy atom.